The maximum atomic E-state index is 9.76. The zero-order valence-electron chi connectivity index (χ0n) is 6.93. The highest BCUT2D eigenvalue weighted by Crippen LogP contribution is 1.83. The summed E-state index contributed by atoms with van der Waals surface area (Å²) >= 11 is 3.17. The highest BCUT2D eigenvalue weighted by molar-refractivity contribution is 7.75. The van der Waals surface area contributed by atoms with Crippen LogP contribution in [0.1, 0.15) is 13.3 Å². The van der Waals surface area contributed by atoms with Crippen LogP contribution in [-0.4, -0.2) is 28.9 Å². The summed E-state index contributed by atoms with van der Waals surface area (Å²) in [6, 6.07) is 0. The smallest absolute Gasteiger partial charge is 0.341 e. The van der Waals surface area contributed by atoms with Crippen LogP contribution in [0.2, 0.25) is 0 Å². The molecule has 0 heterocycles. The van der Waals surface area contributed by atoms with E-state index in [1.165, 1.54) is 0 Å². The number of aliphatic hydroxyl groups is 2. The quantitative estimate of drug-likeness (QED) is 0.343. The van der Waals surface area contributed by atoms with Crippen LogP contribution in [-0.2, 0) is 8.98 Å². The molecular formula is C7H14O4S. The summed E-state index contributed by atoms with van der Waals surface area (Å²) in [5, 5.41) is 16.5. The largest absolute Gasteiger partial charge is 0.396 e. The molecule has 2 N–H and O–H groups in total. The molecule has 0 bridgehead atoms. The van der Waals surface area contributed by atoms with Gasteiger partial charge in [0, 0.05) is 25.6 Å². The highest BCUT2D eigenvalue weighted by atomic mass is 32.1. The Balaban J connectivity index is 0. The third kappa shape index (κ3) is 16.2. The van der Waals surface area contributed by atoms with Gasteiger partial charge in [-0.25, -0.2) is 4.79 Å². The first-order valence-electron chi connectivity index (χ1n) is 3.35. The molecule has 12 heavy (non-hydrogen) atoms. The topological polar surface area (TPSA) is 66.8 Å². The molecule has 0 aliphatic rings. The van der Waals surface area contributed by atoms with Crippen LogP contribution in [0.5, 0.6) is 0 Å². The Kier molecular flexibility index (Phi) is 12.3. The molecule has 0 rings (SSSR count). The molecule has 4 nitrogen and oxygen atoms in total. The van der Waals surface area contributed by atoms with Crippen LogP contribution in [0, 0.1) is 0 Å². The SMILES string of the molecule is C=CC(=O)OS.CC(O)CCO. The van der Waals surface area contributed by atoms with Gasteiger partial charge in [0.05, 0.1) is 6.10 Å². The monoisotopic (exact) mass is 194 g/mol. The number of aliphatic hydroxyl groups excluding tert-OH is 2. The molecule has 1 atom stereocenters. The molecule has 72 valence electrons. The van der Waals surface area contributed by atoms with Crippen LogP contribution >= 0.6 is 12.9 Å². The Labute approximate surface area is 77.5 Å². The summed E-state index contributed by atoms with van der Waals surface area (Å²) in [5.74, 6) is -0.529. The fourth-order valence-corrected chi connectivity index (χ4v) is 0.299. The van der Waals surface area contributed by atoms with E-state index in [9.17, 15) is 4.79 Å². The first-order chi connectivity index (χ1) is 5.58. The molecule has 0 aliphatic heterocycles. The number of rotatable bonds is 3. The summed E-state index contributed by atoms with van der Waals surface area (Å²) in [4.78, 5) is 9.76. The normalized spacial score (nSPS) is 10.7. The summed E-state index contributed by atoms with van der Waals surface area (Å²) in [5.41, 5.74) is 0. The van der Waals surface area contributed by atoms with Crippen molar-refractivity contribution in [3.8, 4) is 0 Å². The Morgan fingerprint density at radius 2 is 2.33 bits per heavy atom. The van der Waals surface area contributed by atoms with Gasteiger partial charge in [-0.3, -0.25) is 0 Å². The van der Waals surface area contributed by atoms with E-state index in [1.807, 2.05) is 0 Å². The third-order valence-electron chi connectivity index (χ3n) is 0.804. The lowest BCUT2D eigenvalue weighted by Crippen LogP contribution is -2.00. The van der Waals surface area contributed by atoms with Crippen LogP contribution in [0.4, 0.5) is 0 Å². The van der Waals surface area contributed by atoms with Crippen molar-refractivity contribution in [2.24, 2.45) is 0 Å². The molecule has 0 aromatic heterocycles. The van der Waals surface area contributed by atoms with E-state index >= 15 is 0 Å². The van der Waals surface area contributed by atoms with Crippen molar-refractivity contribution >= 4 is 18.9 Å². The van der Waals surface area contributed by atoms with Crippen molar-refractivity contribution in [3.05, 3.63) is 12.7 Å². The summed E-state index contributed by atoms with van der Waals surface area (Å²) in [7, 11) is 0. The van der Waals surface area contributed by atoms with Gasteiger partial charge in [-0.1, -0.05) is 6.58 Å². The molecule has 1 unspecified atom stereocenters. The third-order valence-corrected chi connectivity index (χ3v) is 0.983. The molecule has 0 saturated carbocycles. The van der Waals surface area contributed by atoms with Crippen molar-refractivity contribution in [3.63, 3.8) is 0 Å². The average Bonchev–Trinajstić information content (AvgIpc) is 2.04. The minimum atomic E-state index is -0.529. The minimum absolute atomic E-state index is 0.0810. The van der Waals surface area contributed by atoms with E-state index in [0.717, 1.165) is 6.08 Å². The van der Waals surface area contributed by atoms with E-state index < -0.39 is 5.97 Å². The van der Waals surface area contributed by atoms with Crippen LogP contribution in [0.15, 0.2) is 12.7 Å². The van der Waals surface area contributed by atoms with E-state index in [2.05, 4.69) is 23.7 Å². The maximum Gasteiger partial charge on any atom is 0.341 e. The van der Waals surface area contributed by atoms with Crippen LogP contribution < -0.4 is 0 Å². The van der Waals surface area contributed by atoms with Gasteiger partial charge < -0.3 is 14.4 Å². The van der Waals surface area contributed by atoms with Gasteiger partial charge in [-0.15, -0.1) is 0 Å². The molecule has 0 aromatic rings. The van der Waals surface area contributed by atoms with Crippen molar-refractivity contribution in [2.45, 2.75) is 19.4 Å². The first-order valence-corrected chi connectivity index (χ1v) is 3.71. The molecule has 0 fully saturated rings. The molecule has 0 radical (unpaired) electrons. The lowest BCUT2D eigenvalue weighted by molar-refractivity contribution is -0.127. The van der Waals surface area contributed by atoms with Gasteiger partial charge in [-0.2, -0.15) is 0 Å². The van der Waals surface area contributed by atoms with E-state index in [0.29, 0.717) is 6.42 Å². The van der Waals surface area contributed by atoms with Crippen LogP contribution in [0.3, 0.4) is 0 Å². The fraction of sp³-hybridized carbons (Fsp3) is 0.571. The Hall–Kier alpha value is -0.520. The lowest BCUT2D eigenvalue weighted by atomic mass is 10.3. The van der Waals surface area contributed by atoms with E-state index in [1.54, 1.807) is 6.92 Å². The van der Waals surface area contributed by atoms with Gasteiger partial charge in [0.15, 0.2) is 0 Å². The second-order valence-electron chi connectivity index (χ2n) is 1.98. The fourth-order valence-electron chi connectivity index (χ4n) is 0.224. The van der Waals surface area contributed by atoms with Gasteiger partial charge in [0.2, 0.25) is 0 Å². The van der Waals surface area contributed by atoms with E-state index in [4.69, 9.17) is 10.2 Å². The van der Waals surface area contributed by atoms with Crippen LogP contribution in [0.25, 0.3) is 0 Å². The standard InChI is InChI=1S/C4H10O2.C3H4O2S/c1-4(6)2-3-5;1-2-3(4)5-6/h4-6H,2-3H2,1H3;2,6H,1H2. The average molecular weight is 194 g/mol. The molecule has 0 saturated heterocycles. The number of carbonyl (C=O) groups excluding carboxylic acids is 1. The summed E-state index contributed by atoms with van der Waals surface area (Å²) in [6.45, 7) is 4.84. The highest BCUT2D eigenvalue weighted by Gasteiger charge is 1.88. The van der Waals surface area contributed by atoms with Crippen molar-refractivity contribution < 1.29 is 19.2 Å². The Morgan fingerprint density at radius 3 is 2.33 bits per heavy atom. The van der Waals surface area contributed by atoms with Gasteiger partial charge >= 0.3 is 5.97 Å². The summed E-state index contributed by atoms with van der Waals surface area (Å²) < 4.78 is 3.84. The summed E-state index contributed by atoms with van der Waals surface area (Å²) in [6.07, 6.45) is 1.17. The minimum Gasteiger partial charge on any atom is -0.396 e. The number of hydrogen-bond donors (Lipinski definition) is 3. The van der Waals surface area contributed by atoms with Crippen molar-refractivity contribution in [1.29, 1.82) is 0 Å². The molecule has 0 spiro atoms. The van der Waals surface area contributed by atoms with Crippen molar-refractivity contribution in [1.82, 2.24) is 0 Å². The number of hydrogen-bond acceptors (Lipinski definition) is 5. The first kappa shape index (κ1) is 14.0. The second kappa shape index (κ2) is 10.5. The molecule has 0 aliphatic carbocycles. The molecule has 0 aromatic carbocycles. The zero-order valence-corrected chi connectivity index (χ0v) is 7.83. The second-order valence-corrected chi connectivity index (χ2v) is 2.16. The lowest BCUT2D eigenvalue weighted by Gasteiger charge is -1.95. The maximum absolute atomic E-state index is 9.76. The number of carbonyl (C=O) groups is 1. The molecular weight excluding hydrogens is 180 g/mol. The van der Waals surface area contributed by atoms with Crippen molar-refractivity contribution in [2.75, 3.05) is 6.61 Å². The predicted molar refractivity (Wildman–Crippen MR) is 48.7 cm³/mol. The Morgan fingerprint density at radius 1 is 1.83 bits per heavy atom. The number of thiol groups is 1. The van der Waals surface area contributed by atoms with E-state index in [-0.39, 0.29) is 12.7 Å². The predicted octanol–water partition coefficient (Wildman–Crippen LogP) is 0.310. The van der Waals surface area contributed by atoms with Gasteiger partial charge in [0.1, 0.15) is 0 Å². The molecule has 5 heteroatoms. The van der Waals surface area contributed by atoms with Gasteiger partial charge in [0.25, 0.3) is 0 Å². The Bertz CT molecular complexity index is 125. The zero-order chi connectivity index (χ0) is 9.98. The van der Waals surface area contributed by atoms with Gasteiger partial charge in [-0.05, 0) is 13.3 Å². The molecule has 0 amide bonds.